The molecule has 2 N–H and O–H groups in total. The first-order valence-electron chi connectivity index (χ1n) is 13.2. The number of carbonyl (C=O) groups is 2. The summed E-state index contributed by atoms with van der Waals surface area (Å²) in [7, 11) is 0. The number of hydrogen-bond donors (Lipinski definition) is 2. The molecule has 1 aromatic heterocycles. The number of nitrogens with zero attached hydrogens (tertiary/aromatic N) is 1. The summed E-state index contributed by atoms with van der Waals surface area (Å²) in [5.41, 5.74) is 8.69. The van der Waals surface area contributed by atoms with E-state index >= 15 is 0 Å². The third-order valence-electron chi connectivity index (χ3n) is 7.71. The van der Waals surface area contributed by atoms with Crippen LogP contribution >= 0.6 is 0 Å². The van der Waals surface area contributed by atoms with E-state index in [2.05, 4.69) is 48.0 Å². The zero-order chi connectivity index (χ0) is 27.0. The molecule has 4 aromatic rings. The van der Waals surface area contributed by atoms with Gasteiger partial charge < -0.3 is 19.7 Å². The number of aromatic nitrogens is 1. The molecule has 0 spiro atoms. The van der Waals surface area contributed by atoms with E-state index in [1.165, 1.54) is 18.4 Å². The fourth-order valence-electron chi connectivity index (χ4n) is 5.11. The van der Waals surface area contributed by atoms with Crippen LogP contribution in [0.2, 0.25) is 0 Å². The van der Waals surface area contributed by atoms with Gasteiger partial charge in [-0.2, -0.15) is 0 Å². The van der Waals surface area contributed by atoms with E-state index in [0.717, 1.165) is 38.9 Å². The molecule has 5 rings (SSSR count). The molecule has 3 aromatic carbocycles. The van der Waals surface area contributed by atoms with Gasteiger partial charge in [-0.25, -0.2) is 4.79 Å². The second-order valence-electron chi connectivity index (χ2n) is 10.4. The summed E-state index contributed by atoms with van der Waals surface area (Å²) in [5, 5.41) is 13.1. The van der Waals surface area contributed by atoms with Crippen LogP contribution in [0.25, 0.3) is 10.9 Å². The van der Waals surface area contributed by atoms with Gasteiger partial charge in [0, 0.05) is 28.7 Å². The molecule has 0 aliphatic heterocycles. The summed E-state index contributed by atoms with van der Waals surface area (Å²) >= 11 is 0. The number of aryl methyl sites for hydroxylation is 2. The highest BCUT2D eigenvalue weighted by Crippen LogP contribution is 2.40. The summed E-state index contributed by atoms with van der Waals surface area (Å²) in [6.07, 6.45) is 2.52. The standard InChI is InChI=1S/C32H34N2O4/c1-19-14-28(38-18-31(35)36)12-10-27(19)17-34-22(4)20(2)29-16-26(11-13-30(29)34)32(37)33-21(3)24-6-5-7-25(15-24)23-8-9-23/h5-7,10-16,21,23H,8-9,17-18H2,1-4H3,(H,33,37)(H,35,36). The number of rotatable bonds is 9. The Morgan fingerprint density at radius 3 is 2.55 bits per heavy atom. The second-order valence-corrected chi connectivity index (χ2v) is 10.4. The van der Waals surface area contributed by atoms with Crippen molar-refractivity contribution >= 4 is 22.8 Å². The third kappa shape index (κ3) is 5.30. The molecule has 196 valence electrons. The van der Waals surface area contributed by atoms with Crippen LogP contribution < -0.4 is 10.1 Å². The van der Waals surface area contributed by atoms with Crippen LogP contribution in [-0.4, -0.2) is 28.2 Å². The molecule has 0 saturated heterocycles. The first-order valence-corrected chi connectivity index (χ1v) is 13.2. The number of carboxylic acid groups (broad SMARTS) is 1. The van der Waals surface area contributed by atoms with Crippen molar-refractivity contribution in [1.82, 2.24) is 9.88 Å². The number of amides is 1. The molecule has 1 saturated carbocycles. The van der Waals surface area contributed by atoms with Crippen molar-refractivity contribution in [3.63, 3.8) is 0 Å². The lowest BCUT2D eigenvalue weighted by molar-refractivity contribution is -0.139. The maximum atomic E-state index is 13.2. The van der Waals surface area contributed by atoms with Gasteiger partial charge in [-0.15, -0.1) is 0 Å². The maximum absolute atomic E-state index is 13.2. The van der Waals surface area contributed by atoms with Crippen LogP contribution in [0.15, 0.2) is 60.7 Å². The van der Waals surface area contributed by atoms with Gasteiger partial charge in [0.2, 0.25) is 0 Å². The summed E-state index contributed by atoms with van der Waals surface area (Å²) in [6.45, 7) is 8.54. The van der Waals surface area contributed by atoms with Gasteiger partial charge >= 0.3 is 5.97 Å². The van der Waals surface area contributed by atoms with Gasteiger partial charge in [0.05, 0.1) is 6.04 Å². The van der Waals surface area contributed by atoms with Crippen LogP contribution in [0.5, 0.6) is 5.75 Å². The van der Waals surface area contributed by atoms with E-state index in [1.54, 1.807) is 0 Å². The number of fused-ring (bicyclic) bond motifs is 1. The fourth-order valence-corrected chi connectivity index (χ4v) is 5.11. The van der Waals surface area contributed by atoms with Crippen molar-refractivity contribution in [3.05, 3.63) is 99.7 Å². The predicted molar refractivity (Wildman–Crippen MR) is 149 cm³/mol. The van der Waals surface area contributed by atoms with Gasteiger partial charge in [0.1, 0.15) is 5.75 Å². The Labute approximate surface area is 223 Å². The summed E-state index contributed by atoms with van der Waals surface area (Å²) < 4.78 is 7.58. The lowest BCUT2D eigenvalue weighted by Crippen LogP contribution is -2.26. The molecule has 1 aliphatic rings. The Morgan fingerprint density at radius 2 is 1.84 bits per heavy atom. The topological polar surface area (TPSA) is 80.6 Å². The summed E-state index contributed by atoms with van der Waals surface area (Å²) in [4.78, 5) is 24.0. The number of carbonyl (C=O) groups excluding carboxylic acids is 1. The molecular formula is C32H34N2O4. The zero-order valence-electron chi connectivity index (χ0n) is 22.4. The molecule has 1 heterocycles. The van der Waals surface area contributed by atoms with Crippen molar-refractivity contribution in [3.8, 4) is 5.75 Å². The van der Waals surface area contributed by atoms with E-state index in [4.69, 9.17) is 9.84 Å². The molecule has 6 nitrogen and oxygen atoms in total. The average molecular weight is 511 g/mol. The van der Waals surface area contributed by atoms with Crippen molar-refractivity contribution in [2.24, 2.45) is 0 Å². The lowest BCUT2D eigenvalue weighted by atomic mass is 10.0. The molecule has 1 atom stereocenters. The maximum Gasteiger partial charge on any atom is 0.341 e. The first kappa shape index (κ1) is 25.6. The highest BCUT2D eigenvalue weighted by Gasteiger charge is 2.24. The quantitative estimate of drug-likeness (QED) is 0.271. The van der Waals surface area contributed by atoms with Gasteiger partial charge in [-0.05, 0) is 105 Å². The Morgan fingerprint density at radius 1 is 1.05 bits per heavy atom. The fraction of sp³-hybridized carbons (Fsp3) is 0.312. The van der Waals surface area contributed by atoms with Crippen LogP contribution in [-0.2, 0) is 11.3 Å². The number of nitrogens with one attached hydrogen (secondary N) is 1. The van der Waals surface area contributed by atoms with E-state index in [9.17, 15) is 9.59 Å². The monoisotopic (exact) mass is 510 g/mol. The first-order chi connectivity index (χ1) is 18.2. The molecule has 1 fully saturated rings. The number of aliphatic carboxylic acids is 1. The summed E-state index contributed by atoms with van der Waals surface area (Å²) in [5.74, 6) is 0.154. The molecule has 38 heavy (non-hydrogen) atoms. The SMILES string of the molecule is Cc1cc(OCC(=O)O)ccc1Cn1c(C)c(C)c2cc(C(=O)NC(C)c3cccc(C4CC4)c3)ccc21. The number of ether oxygens (including phenoxy) is 1. The Kier molecular flexibility index (Phi) is 6.98. The Balaban J connectivity index is 1.35. The molecule has 0 radical (unpaired) electrons. The van der Waals surface area contributed by atoms with Crippen molar-refractivity contribution < 1.29 is 19.4 Å². The number of benzene rings is 3. The van der Waals surface area contributed by atoms with Crippen molar-refractivity contribution in [2.75, 3.05) is 6.61 Å². The van der Waals surface area contributed by atoms with E-state index in [1.807, 2.05) is 50.2 Å². The molecular weight excluding hydrogens is 476 g/mol. The highest BCUT2D eigenvalue weighted by atomic mass is 16.5. The number of carboxylic acids is 1. The average Bonchev–Trinajstić information content (AvgIpc) is 3.73. The molecule has 1 amide bonds. The van der Waals surface area contributed by atoms with Crippen molar-refractivity contribution in [2.45, 2.75) is 59.0 Å². The smallest absolute Gasteiger partial charge is 0.341 e. The third-order valence-corrected chi connectivity index (χ3v) is 7.71. The van der Waals surface area contributed by atoms with E-state index < -0.39 is 5.97 Å². The Hall–Kier alpha value is -4.06. The molecule has 0 bridgehead atoms. The predicted octanol–water partition coefficient (Wildman–Crippen LogP) is 6.45. The van der Waals surface area contributed by atoms with Gasteiger partial charge in [0.25, 0.3) is 5.91 Å². The molecule has 1 unspecified atom stereocenters. The van der Waals surface area contributed by atoms with Gasteiger partial charge in [-0.1, -0.05) is 30.3 Å². The van der Waals surface area contributed by atoms with Crippen LogP contribution in [0.4, 0.5) is 0 Å². The Bertz CT molecular complexity index is 1530. The minimum absolute atomic E-state index is 0.0743. The van der Waals surface area contributed by atoms with E-state index in [-0.39, 0.29) is 18.6 Å². The largest absolute Gasteiger partial charge is 0.482 e. The minimum atomic E-state index is -0.998. The zero-order valence-corrected chi connectivity index (χ0v) is 22.4. The number of hydrogen-bond acceptors (Lipinski definition) is 3. The second kappa shape index (κ2) is 10.4. The van der Waals surface area contributed by atoms with E-state index in [0.29, 0.717) is 23.8 Å². The minimum Gasteiger partial charge on any atom is -0.482 e. The van der Waals surface area contributed by atoms with Gasteiger partial charge in [-0.3, -0.25) is 4.79 Å². The summed E-state index contributed by atoms with van der Waals surface area (Å²) in [6, 6.07) is 20.1. The van der Waals surface area contributed by atoms with Crippen molar-refractivity contribution in [1.29, 1.82) is 0 Å². The van der Waals surface area contributed by atoms with Crippen LogP contribution in [0, 0.1) is 20.8 Å². The lowest BCUT2D eigenvalue weighted by Gasteiger charge is -2.16. The highest BCUT2D eigenvalue weighted by molar-refractivity contribution is 5.99. The molecule has 1 aliphatic carbocycles. The van der Waals surface area contributed by atoms with Crippen LogP contribution in [0.1, 0.15) is 75.6 Å². The molecule has 6 heteroatoms. The van der Waals surface area contributed by atoms with Gasteiger partial charge in [0.15, 0.2) is 6.61 Å². The normalized spacial score (nSPS) is 13.9. The van der Waals surface area contributed by atoms with Crippen LogP contribution in [0.3, 0.4) is 0 Å².